The number of carbonyl (C=O) groups excluding carboxylic acids is 1. The van der Waals surface area contributed by atoms with Gasteiger partial charge in [-0.2, -0.15) is 0 Å². The van der Waals surface area contributed by atoms with Crippen molar-refractivity contribution in [3.63, 3.8) is 0 Å². The normalized spacial score (nSPS) is 11.1. The Bertz CT molecular complexity index is 390. The molecule has 0 spiro atoms. The molecule has 0 aliphatic rings. The molecular weight excluding hydrogens is 241 g/mol. The average molecular weight is 258 g/mol. The van der Waals surface area contributed by atoms with E-state index < -0.39 is 5.82 Å². The molecule has 0 radical (unpaired) electrons. The summed E-state index contributed by atoms with van der Waals surface area (Å²) in [6.45, 7) is 7.58. The fraction of sp³-hybridized carbons (Fsp3) is 0.462. The lowest BCUT2D eigenvalue weighted by Gasteiger charge is -2.31. The number of halogens is 2. The molecule has 0 aliphatic carbocycles. The number of benzene rings is 1. The van der Waals surface area contributed by atoms with E-state index in [-0.39, 0.29) is 28.6 Å². The van der Waals surface area contributed by atoms with Crippen LogP contribution in [-0.4, -0.2) is 22.9 Å². The first-order valence-electron chi connectivity index (χ1n) is 5.63. The zero-order valence-electron chi connectivity index (χ0n) is 10.5. The third kappa shape index (κ3) is 2.97. The van der Waals surface area contributed by atoms with Crippen LogP contribution in [0.3, 0.4) is 0 Å². The average Bonchev–Trinajstić information content (AvgIpc) is 2.15. The Morgan fingerprint density at radius 3 is 2.18 bits per heavy atom. The van der Waals surface area contributed by atoms with Crippen LogP contribution in [0.25, 0.3) is 0 Å². The van der Waals surface area contributed by atoms with Crippen molar-refractivity contribution in [3.8, 4) is 0 Å². The lowest BCUT2D eigenvalue weighted by Crippen LogP contribution is -2.42. The van der Waals surface area contributed by atoms with Gasteiger partial charge < -0.3 is 4.90 Å². The van der Waals surface area contributed by atoms with Gasteiger partial charge in [0, 0.05) is 12.1 Å². The second-order valence-corrected chi connectivity index (χ2v) is 4.90. The van der Waals surface area contributed by atoms with E-state index in [1.807, 2.05) is 27.7 Å². The van der Waals surface area contributed by atoms with E-state index in [0.29, 0.717) is 0 Å². The second-order valence-electron chi connectivity index (χ2n) is 4.50. The molecule has 1 amide bonds. The van der Waals surface area contributed by atoms with E-state index in [2.05, 4.69) is 0 Å². The lowest BCUT2D eigenvalue weighted by molar-refractivity contribution is 0.0639. The fourth-order valence-electron chi connectivity index (χ4n) is 1.90. The van der Waals surface area contributed by atoms with Crippen LogP contribution in [0.4, 0.5) is 4.39 Å². The second kappa shape index (κ2) is 5.50. The van der Waals surface area contributed by atoms with Crippen molar-refractivity contribution >= 4 is 17.5 Å². The number of carbonyl (C=O) groups is 1. The number of nitrogens with zero attached hydrogens (tertiary/aromatic N) is 1. The summed E-state index contributed by atoms with van der Waals surface area (Å²) < 4.78 is 13.7. The van der Waals surface area contributed by atoms with E-state index in [1.165, 1.54) is 18.2 Å². The van der Waals surface area contributed by atoms with E-state index in [1.54, 1.807) is 4.90 Å². The van der Waals surface area contributed by atoms with E-state index in [0.717, 1.165) is 0 Å². The number of rotatable bonds is 3. The molecule has 0 saturated heterocycles. The molecule has 0 bridgehead atoms. The van der Waals surface area contributed by atoms with Gasteiger partial charge in [-0.3, -0.25) is 4.79 Å². The molecule has 1 rings (SSSR count). The number of hydrogen-bond donors (Lipinski definition) is 0. The van der Waals surface area contributed by atoms with Crippen LogP contribution in [0.5, 0.6) is 0 Å². The van der Waals surface area contributed by atoms with Crippen molar-refractivity contribution in [3.05, 3.63) is 34.6 Å². The van der Waals surface area contributed by atoms with E-state index in [9.17, 15) is 9.18 Å². The monoisotopic (exact) mass is 257 g/mol. The highest BCUT2D eigenvalue weighted by molar-refractivity contribution is 6.33. The predicted molar refractivity (Wildman–Crippen MR) is 67.9 cm³/mol. The van der Waals surface area contributed by atoms with Crippen LogP contribution in [0, 0.1) is 5.82 Å². The third-order valence-electron chi connectivity index (χ3n) is 2.52. The first-order chi connectivity index (χ1) is 7.86. The van der Waals surface area contributed by atoms with Crippen molar-refractivity contribution < 1.29 is 9.18 Å². The van der Waals surface area contributed by atoms with E-state index >= 15 is 0 Å². The summed E-state index contributed by atoms with van der Waals surface area (Å²) in [5.74, 6) is -0.938. The Morgan fingerprint density at radius 1 is 1.24 bits per heavy atom. The molecule has 1 aromatic rings. The van der Waals surface area contributed by atoms with Crippen LogP contribution in [0.1, 0.15) is 38.1 Å². The molecule has 17 heavy (non-hydrogen) atoms. The van der Waals surface area contributed by atoms with Gasteiger partial charge in [-0.05, 0) is 39.8 Å². The SMILES string of the molecule is CC(C)N(C(=O)c1c(F)cccc1Cl)C(C)C. The zero-order chi connectivity index (χ0) is 13.2. The number of hydrogen-bond acceptors (Lipinski definition) is 1. The van der Waals surface area contributed by atoms with Crippen molar-refractivity contribution in [2.75, 3.05) is 0 Å². The summed E-state index contributed by atoms with van der Waals surface area (Å²) in [6, 6.07) is 4.26. The molecule has 4 heteroatoms. The van der Waals surface area contributed by atoms with Gasteiger partial charge in [0.1, 0.15) is 5.82 Å². The van der Waals surface area contributed by atoms with Crippen molar-refractivity contribution in [2.45, 2.75) is 39.8 Å². The van der Waals surface area contributed by atoms with Gasteiger partial charge in [0.25, 0.3) is 5.91 Å². The minimum atomic E-state index is -0.575. The highest BCUT2D eigenvalue weighted by Crippen LogP contribution is 2.22. The summed E-state index contributed by atoms with van der Waals surface area (Å²) in [5, 5.41) is 0.154. The van der Waals surface area contributed by atoms with Gasteiger partial charge in [-0.15, -0.1) is 0 Å². The summed E-state index contributed by atoms with van der Waals surface area (Å²) in [5.41, 5.74) is -0.0448. The minimum absolute atomic E-state index is 0.00169. The summed E-state index contributed by atoms with van der Waals surface area (Å²) >= 11 is 5.89. The maximum Gasteiger partial charge on any atom is 0.258 e. The van der Waals surface area contributed by atoms with Gasteiger partial charge in [0.15, 0.2) is 0 Å². The molecule has 0 fully saturated rings. The molecule has 0 heterocycles. The van der Waals surface area contributed by atoms with Crippen LogP contribution in [0.15, 0.2) is 18.2 Å². The molecule has 94 valence electrons. The maximum absolute atomic E-state index is 13.7. The molecular formula is C13H17ClFNO. The highest BCUT2D eigenvalue weighted by atomic mass is 35.5. The zero-order valence-corrected chi connectivity index (χ0v) is 11.3. The Morgan fingerprint density at radius 2 is 1.76 bits per heavy atom. The quantitative estimate of drug-likeness (QED) is 0.808. The maximum atomic E-state index is 13.7. The molecule has 0 N–H and O–H groups in total. The van der Waals surface area contributed by atoms with Gasteiger partial charge in [-0.25, -0.2) is 4.39 Å². The summed E-state index contributed by atoms with van der Waals surface area (Å²) in [7, 11) is 0. The standard InChI is InChI=1S/C13H17ClFNO/c1-8(2)16(9(3)4)13(17)12-10(14)6-5-7-11(12)15/h5-9H,1-4H3. The Balaban J connectivity index is 3.19. The third-order valence-corrected chi connectivity index (χ3v) is 2.84. The van der Waals surface area contributed by atoms with Crippen LogP contribution < -0.4 is 0 Å². The fourth-order valence-corrected chi connectivity index (χ4v) is 2.14. The summed E-state index contributed by atoms with van der Waals surface area (Å²) in [4.78, 5) is 13.9. The van der Waals surface area contributed by atoms with Crippen LogP contribution in [0.2, 0.25) is 5.02 Å². The first kappa shape index (κ1) is 14.0. The van der Waals surface area contributed by atoms with Crippen molar-refractivity contribution in [2.24, 2.45) is 0 Å². The van der Waals surface area contributed by atoms with Gasteiger partial charge >= 0.3 is 0 Å². The largest absolute Gasteiger partial charge is 0.334 e. The lowest BCUT2D eigenvalue weighted by atomic mass is 10.1. The van der Waals surface area contributed by atoms with Crippen LogP contribution >= 0.6 is 11.6 Å². The topological polar surface area (TPSA) is 20.3 Å². The van der Waals surface area contributed by atoms with Gasteiger partial charge in [0.05, 0.1) is 10.6 Å². The molecule has 1 aromatic carbocycles. The predicted octanol–water partition coefficient (Wildman–Crippen LogP) is 3.74. The van der Waals surface area contributed by atoms with Gasteiger partial charge in [0.2, 0.25) is 0 Å². The molecule has 0 aliphatic heterocycles. The summed E-state index contributed by atoms with van der Waals surface area (Å²) in [6.07, 6.45) is 0. The Hall–Kier alpha value is -1.09. The number of amides is 1. The van der Waals surface area contributed by atoms with E-state index in [4.69, 9.17) is 11.6 Å². The van der Waals surface area contributed by atoms with Crippen molar-refractivity contribution in [1.82, 2.24) is 4.90 Å². The molecule has 0 unspecified atom stereocenters. The minimum Gasteiger partial charge on any atom is -0.334 e. The Kier molecular flexibility index (Phi) is 4.52. The van der Waals surface area contributed by atoms with Crippen molar-refractivity contribution in [1.29, 1.82) is 0 Å². The molecule has 0 atom stereocenters. The smallest absolute Gasteiger partial charge is 0.258 e. The van der Waals surface area contributed by atoms with Crippen LogP contribution in [-0.2, 0) is 0 Å². The highest BCUT2D eigenvalue weighted by Gasteiger charge is 2.25. The molecule has 0 aromatic heterocycles. The molecule has 0 saturated carbocycles. The van der Waals surface area contributed by atoms with Gasteiger partial charge in [-0.1, -0.05) is 17.7 Å². The Labute approximate surface area is 106 Å². The molecule has 2 nitrogen and oxygen atoms in total. The first-order valence-corrected chi connectivity index (χ1v) is 6.00.